The number of hydrogen-bond acceptors (Lipinski definition) is 6. The van der Waals surface area contributed by atoms with Crippen LogP contribution >= 0.6 is 0 Å². The Morgan fingerprint density at radius 2 is 2.05 bits per heavy atom. The van der Waals surface area contributed by atoms with Crippen molar-refractivity contribution in [3.8, 4) is 0 Å². The van der Waals surface area contributed by atoms with E-state index >= 15 is 0 Å². The fraction of sp³-hybridized carbons (Fsp3) is 0.615. The molecule has 0 saturated heterocycles. The molecule has 0 unspecified atom stereocenters. The van der Waals surface area contributed by atoms with Gasteiger partial charge in [-0.05, 0) is 20.3 Å². The van der Waals surface area contributed by atoms with Crippen LogP contribution in [0.15, 0.2) is 6.07 Å². The van der Waals surface area contributed by atoms with Crippen LogP contribution in [-0.4, -0.2) is 28.5 Å². The lowest BCUT2D eigenvalue weighted by Gasteiger charge is -2.11. The summed E-state index contributed by atoms with van der Waals surface area (Å²) >= 11 is 0. The summed E-state index contributed by atoms with van der Waals surface area (Å²) in [6, 6.07) is 1.88. The molecule has 1 aromatic rings. The third-order valence-electron chi connectivity index (χ3n) is 2.50. The van der Waals surface area contributed by atoms with Gasteiger partial charge in [-0.15, -0.1) is 0 Å². The Bertz CT molecular complexity index is 435. The molecule has 112 valence electrons. The van der Waals surface area contributed by atoms with Crippen molar-refractivity contribution in [1.82, 2.24) is 15.3 Å². The van der Waals surface area contributed by atoms with Crippen molar-refractivity contribution < 1.29 is 4.79 Å². The van der Waals surface area contributed by atoms with Crippen LogP contribution in [0.3, 0.4) is 0 Å². The molecule has 0 spiro atoms. The fourth-order valence-corrected chi connectivity index (χ4v) is 1.70. The zero-order valence-corrected chi connectivity index (χ0v) is 12.4. The summed E-state index contributed by atoms with van der Waals surface area (Å²) in [5.74, 6) is 7.38. The predicted molar refractivity (Wildman–Crippen MR) is 80.2 cm³/mol. The van der Waals surface area contributed by atoms with Crippen molar-refractivity contribution in [1.29, 1.82) is 0 Å². The van der Waals surface area contributed by atoms with Crippen LogP contribution in [0.1, 0.15) is 39.4 Å². The van der Waals surface area contributed by atoms with Gasteiger partial charge in [-0.3, -0.25) is 4.79 Å². The van der Waals surface area contributed by atoms with Crippen molar-refractivity contribution in [3.63, 3.8) is 0 Å². The van der Waals surface area contributed by atoms with E-state index in [-0.39, 0.29) is 11.9 Å². The first-order valence-electron chi connectivity index (χ1n) is 6.93. The molecular formula is C13H24N6O. The maximum atomic E-state index is 11.5. The smallest absolute Gasteiger partial charge is 0.221 e. The van der Waals surface area contributed by atoms with Crippen LogP contribution in [-0.2, 0) is 11.2 Å². The molecule has 0 aliphatic carbocycles. The van der Waals surface area contributed by atoms with Gasteiger partial charge in [-0.25, -0.2) is 15.8 Å². The molecule has 1 heterocycles. The molecule has 0 aliphatic heterocycles. The first-order chi connectivity index (χ1) is 9.55. The number of nitrogens with one attached hydrogen (secondary N) is 3. The first kappa shape index (κ1) is 16.2. The number of aromatic nitrogens is 2. The molecular weight excluding hydrogens is 256 g/mol. The lowest BCUT2D eigenvalue weighted by molar-refractivity contribution is -0.121. The summed E-state index contributed by atoms with van der Waals surface area (Å²) in [7, 11) is 0. The van der Waals surface area contributed by atoms with Gasteiger partial charge in [0.15, 0.2) is 0 Å². The maximum Gasteiger partial charge on any atom is 0.221 e. The number of aryl methyl sites for hydroxylation is 1. The Kier molecular flexibility index (Phi) is 6.72. The molecule has 1 rings (SSSR count). The number of hydrazine groups is 1. The van der Waals surface area contributed by atoms with E-state index < -0.39 is 0 Å². The monoisotopic (exact) mass is 280 g/mol. The van der Waals surface area contributed by atoms with E-state index in [1.165, 1.54) is 0 Å². The minimum absolute atomic E-state index is 0.0208. The second-order valence-corrected chi connectivity index (χ2v) is 4.85. The van der Waals surface area contributed by atoms with Crippen molar-refractivity contribution in [2.24, 2.45) is 5.84 Å². The van der Waals surface area contributed by atoms with Gasteiger partial charge in [0.25, 0.3) is 0 Å². The average Bonchev–Trinajstić information content (AvgIpc) is 2.38. The van der Waals surface area contributed by atoms with Crippen molar-refractivity contribution in [3.05, 3.63) is 11.9 Å². The van der Waals surface area contributed by atoms with Crippen LogP contribution in [0.2, 0.25) is 0 Å². The van der Waals surface area contributed by atoms with Gasteiger partial charge in [-0.1, -0.05) is 6.92 Å². The minimum atomic E-state index is 0.0208. The predicted octanol–water partition coefficient (Wildman–Crippen LogP) is 1.04. The van der Waals surface area contributed by atoms with Crippen molar-refractivity contribution in [2.75, 3.05) is 17.3 Å². The zero-order chi connectivity index (χ0) is 15.0. The second kappa shape index (κ2) is 8.31. The van der Waals surface area contributed by atoms with Gasteiger partial charge in [-0.2, -0.15) is 0 Å². The average molecular weight is 280 g/mol. The Morgan fingerprint density at radius 1 is 1.35 bits per heavy atom. The lowest BCUT2D eigenvalue weighted by Crippen LogP contribution is -2.31. The Balaban J connectivity index is 2.54. The number of carbonyl (C=O) groups is 1. The number of carbonyl (C=O) groups excluding carboxylic acids is 1. The first-order valence-corrected chi connectivity index (χ1v) is 6.93. The maximum absolute atomic E-state index is 11.5. The largest absolute Gasteiger partial charge is 0.369 e. The number of amides is 1. The van der Waals surface area contributed by atoms with Gasteiger partial charge >= 0.3 is 0 Å². The summed E-state index contributed by atoms with van der Waals surface area (Å²) in [6.07, 6.45) is 2.15. The fourth-order valence-electron chi connectivity index (χ4n) is 1.70. The normalized spacial score (nSPS) is 10.4. The van der Waals surface area contributed by atoms with E-state index in [1.807, 2.05) is 13.8 Å². The summed E-state index contributed by atoms with van der Waals surface area (Å²) in [4.78, 5) is 20.2. The van der Waals surface area contributed by atoms with Gasteiger partial charge in [0, 0.05) is 31.5 Å². The number of anilines is 2. The molecule has 7 heteroatoms. The van der Waals surface area contributed by atoms with Crippen molar-refractivity contribution >= 4 is 17.5 Å². The molecule has 0 aliphatic rings. The minimum Gasteiger partial charge on any atom is -0.369 e. The van der Waals surface area contributed by atoms with Crippen LogP contribution in [0, 0.1) is 0 Å². The van der Waals surface area contributed by atoms with Gasteiger partial charge < -0.3 is 16.1 Å². The number of rotatable bonds is 8. The third kappa shape index (κ3) is 5.83. The molecule has 0 atom stereocenters. The number of hydrogen-bond donors (Lipinski definition) is 4. The molecule has 1 aromatic heterocycles. The van der Waals surface area contributed by atoms with Gasteiger partial charge in [0.2, 0.25) is 5.91 Å². The summed E-state index contributed by atoms with van der Waals surface area (Å²) in [6.45, 7) is 6.46. The van der Waals surface area contributed by atoms with E-state index in [4.69, 9.17) is 5.84 Å². The highest BCUT2D eigenvalue weighted by Crippen LogP contribution is 2.11. The molecule has 0 saturated carbocycles. The highest BCUT2D eigenvalue weighted by molar-refractivity contribution is 5.76. The number of nitrogen functional groups attached to an aromatic ring is 1. The molecule has 20 heavy (non-hydrogen) atoms. The molecule has 5 N–H and O–H groups in total. The SMILES string of the molecule is CCCc1nc(NN)cc(NCCC(=O)NC(C)C)n1. The number of nitrogens with zero attached hydrogens (tertiary/aromatic N) is 2. The summed E-state index contributed by atoms with van der Waals surface area (Å²) < 4.78 is 0. The summed E-state index contributed by atoms with van der Waals surface area (Å²) in [5, 5.41) is 5.95. The van der Waals surface area contributed by atoms with Crippen LogP contribution in [0.4, 0.5) is 11.6 Å². The summed E-state index contributed by atoms with van der Waals surface area (Å²) in [5.41, 5.74) is 2.52. The quantitative estimate of drug-likeness (QED) is 0.419. The highest BCUT2D eigenvalue weighted by Gasteiger charge is 2.05. The standard InChI is InChI=1S/C13H24N6O/c1-4-5-10-17-11(8-12(18-10)19-14)15-7-6-13(20)16-9(2)3/h8-9H,4-7,14H2,1-3H3,(H,16,20)(H2,15,17,18,19). The van der Waals surface area contributed by atoms with Crippen LogP contribution < -0.4 is 21.9 Å². The van der Waals surface area contributed by atoms with E-state index in [0.29, 0.717) is 24.6 Å². The molecule has 7 nitrogen and oxygen atoms in total. The van der Waals surface area contributed by atoms with E-state index in [1.54, 1.807) is 6.07 Å². The lowest BCUT2D eigenvalue weighted by atomic mass is 10.3. The van der Waals surface area contributed by atoms with Crippen LogP contribution in [0.5, 0.6) is 0 Å². The molecule has 0 fully saturated rings. The van der Waals surface area contributed by atoms with E-state index in [0.717, 1.165) is 18.7 Å². The molecule has 0 bridgehead atoms. The Hall–Kier alpha value is -1.89. The molecule has 0 aromatic carbocycles. The zero-order valence-electron chi connectivity index (χ0n) is 12.4. The highest BCUT2D eigenvalue weighted by atomic mass is 16.1. The third-order valence-corrected chi connectivity index (χ3v) is 2.50. The van der Waals surface area contributed by atoms with Crippen molar-refractivity contribution in [2.45, 2.75) is 46.1 Å². The van der Waals surface area contributed by atoms with E-state index in [2.05, 4.69) is 33.0 Å². The van der Waals surface area contributed by atoms with E-state index in [9.17, 15) is 4.79 Å². The number of nitrogens with two attached hydrogens (primary N) is 1. The van der Waals surface area contributed by atoms with Crippen LogP contribution in [0.25, 0.3) is 0 Å². The second-order valence-electron chi connectivity index (χ2n) is 4.85. The topological polar surface area (TPSA) is 105 Å². The molecule has 0 radical (unpaired) electrons. The Morgan fingerprint density at radius 3 is 2.65 bits per heavy atom. The van der Waals surface area contributed by atoms with Gasteiger partial charge in [0.1, 0.15) is 17.5 Å². The van der Waals surface area contributed by atoms with Gasteiger partial charge in [0.05, 0.1) is 0 Å². The Labute approximate surface area is 119 Å². The molecule has 1 amide bonds.